The number of aliphatic hydroxyl groups is 1. The molecule has 1 aliphatic rings. The Balaban J connectivity index is 2.43. The second-order valence-corrected chi connectivity index (χ2v) is 3.64. The lowest BCUT2D eigenvalue weighted by atomic mass is 10.0. The van der Waals surface area contributed by atoms with E-state index in [1.807, 2.05) is 6.92 Å². The van der Waals surface area contributed by atoms with Gasteiger partial charge in [-0.2, -0.15) is 0 Å². The van der Waals surface area contributed by atoms with E-state index in [4.69, 9.17) is 5.11 Å². The van der Waals surface area contributed by atoms with E-state index in [0.29, 0.717) is 13.1 Å². The maximum Gasteiger partial charge on any atom is 0.239 e. The average Bonchev–Trinajstić information content (AvgIpc) is 2.26. The highest BCUT2D eigenvalue weighted by Crippen LogP contribution is 2.09. The van der Waals surface area contributed by atoms with E-state index in [-0.39, 0.29) is 18.6 Å². The molecule has 1 unspecified atom stereocenters. The molecule has 0 aromatic rings. The van der Waals surface area contributed by atoms with Gasteiger partial charge in [-0.15, -0.1) is 0 Å². The molecule has 1 amide bonds. The van der Waals surface area contributed by atoms with Crippen LogP contribution in [0, 0.1) is 0 Å². The van der Waals surface area contributed by atoms with Crippen molar-refractivity contribution < 1.29 is 9.90 Å². The summed E-state index contributed by atoms with van der Waals surface area (Å²) in [5, 5.41) is 12.0. The molecule has 0 saturated carbocycles. The van der Waals surface area contributed by atoms with E-state index >= 15 is 0 Å². The van der Waals surface area contributed by atoms with Crippen LogP contribution in [-0.2, 0) is 4.79 Å². The van der Waals surface area contributed by atoms with Crippen LogP contribution < -0.4 is 5.32 Å². The molecule has 1 fully saturated rings. The zero-order valence-corrected chi connectivity index (χ0v) is 8.83. The first-order valence-electron chi connectivity index (χ1n) is 5.42. The van der Waals surface area contributed by atoms with Crippen LogP contribution in [0.1, 0.15) is 26.2 Å². The summed E-state index contributed by atoms with van der Waals surface area (Å²) < 4.78 is 0. The Labute approximate surface area is 85.3 Å². The van der Waals surface area contributed by atoms with E-state index in [0.717, 1.165) is 25.8 Å². The fourth-order valence-electron chi connectivity index (χ4n) is 1.83. The Morgan fingerprint density at radius 1 is 1.57 bits per heavy atom. The molecule has 4 heteroatoms. The third kappa shape index (κ3) is 2.96. The van der Waals surface area contributed by atoms with Gasteiger partial charge in [0, 0.05) is 13.1 Å². The van der Waals surface area contributed by atoms with Crippen molar-refractivity contribution in [2.75, 3.05) is 26.2 Å². The van der Waals surface area contributed by atoms with Gasteiger partial charge in [-0.1, -0.05) is 6.42 Å². The fourth-order valence-corrected chi connectivity index (χ4v) is 1.83. The zero-order valence-electron chi connectivity index (χ0n) is 8.83. The first-order valence-corrected chi connectivity index (χ1v) is 5.42. The Morgan fingerprint density at radius 2 is 2.36 bits per heavy atom. The summed E-state index contributed by atoms with van der Waals surface area (Å²) >= 11 is 0. The molecule has 0 aliphatic carbocycles. The van der Waals surface area contributed by atoms with Gasteiger partial charge in [-0.25, -0.2) is 0 Å². The SMILES string of the molecule is CCN(CCO)C(=O)C1CCCCN1. The minimum Gasteiger partial charge on any atom is -0.395 e. The van der Waals surface area contributed by atoms with Gasteiger partial charge >= 0.3 is 0 Å². The smallest absolute Gasteiger partial charge is 0.239 e. The van der Waals surface area contributed by atoms with Crippen LogP contribution in [-0.4, -0.2) is 48.2 Å². The van der Waals surface area contributed by atoms with Crippen molar-refractivity contribution >= 4 is 5.91 Å². The van der Waals surface area contributed by atoms with E-state index < -0.39 is 0 Å². The number of likely N-dealkylation sites (N-methyl/N-ethyl adjacent to an activating group) is 1. The van der Waals surface area contributed by atoms with E-state index in [1.165, 1.54) is 0 Å². The standard InChI is InChI=1S/C10H20N2O2/c1-2-12(7-8-13)10(14)9-5-3-4-6-11-9/h9,11,13H,2-8H2,1H3. The third-order valence-corrected chi connectivity index (χ3v) is 2.67. The number of hydrogen-bond acceptors (Lipinski definition) is 3. The maximum absolute atomic E-state index is 11.9. The number of rotatable bonds is 4. The minimum absolute atomic E-state index is 0.0183. The lowest BCUT2D eigenvalue weighted by Gasteiger charge is -2.28. The molecule has 4 nitrogen and oxygen atoms in total. The third-order valence-electron chi connectivity index (χ3n) is 2.67. The van der Waals surface area contributed by atoms with Gasteiger partial charge in [0.05, 0.1) is 12.6 Å². The van der Waals surface area contributed by atoms with Gasteiger partial charge in [0.1, 0.15) is 0 Å². The van der Waals surface area contributed by atoms with Crippen molar-refractivity contribution in [3.05, 3.63) is 0 Å². The second kappa shape index (κ2) is 5.98. The van der Waals surface area contributed by atoms with Crippen LogP contribution in [0.2, 0.25) is 0 Å². The van der Waals surface area contributed by atoms with Crippen LogP contribution in [0.15, 0.2) is 0 Å². The lowest BCUT2D eigenvalue weighted by molar-refractivity contribution is -0.134. The first-order chi connectivity index (χ1) is 6.79. The number of carbonyl (C=O) groups is 1. The van der Waals surface area contributed by atoms with E-state index in [2.05, 4.69) is 5.32 Å². The Morgan fingerprint density at radius 3 is 2.86 bits per heavy atom. The number of aliphatic hydroxyl groups excluding tert-OH is 1. The van der Waals surface area contributed by atoms with Gasteiger partial charge in [0.15, 0.2) is 0 Å². The van der Waals surface area contributed by atoms with Gasteiger partial charge < -0.3 is 15.3 Å². The van der Waals surface area contributed by atoms with Crippen molar-refractivity contribution in [3.63, 3.8) is 0 Å². The van der Waals surface area contributed by atoms with Crippen molar-refractivity contribution in [1.29, 1.82) is 0 Å². The van der Waals surface area contributed by atoms with Crippen molar-refractivity contribution in [3.8, 4) is 0 Å². The summed E-state index contributed by atoms with van der Waals surface area (Å²) in [5.74, 6) is 0.140. The van der Waals surface area contributed by atoms with Gasteiger partial charge in [-0.3, -0.25) is 4.79 Å². The van der Waals surface area contributed by atoms with Crippen molar-refractivity contribution in [2.45, 2.75) is 32.2 Å². The topological polar surface area (TPSA) is 52.6 Å². The predicted molar refractivity (Wildman–Crippen MR) is 55.0 cm³/mol. The highest BCUT2D eigenvalue weighted by Gasteiger charge is 2.24. The number of piperidine rings is 1. The molecular formula is C10H20N2O2. The minimum atomic E-state index is -0.0183. The van der Waals surface area contributed by atoms with E-state index in [1.54, 1.807) is 4.90 Å². The number of nitrogens with one attached hydrogen (secondary N) is 1. The first kappa shape index (κ1) is 11.5. The van der Waals surface area contributed by atoms with Gasteiger partial charge in [0.2, 0.25) is 5.91 Å². The lowest BCUT2D eigenvalue weighted by Crippen LogP contribution is -2.49. The van der Waals surface area contributed by atoms with Crippen LogP contribution in [0.3, 0.4) is 0 Å². The Hall–Kier alpha value is -0.610. The molecule has 1 atom stereocenters. The summed E-state index contributed by atoms with van der Waals surface area (Å²) in [5.41, 5.74) is 0. The Bertz CT molecular complexity index is 172. The molecule has 0 aromatic heterocycles. The van der Waals surface area contributed by atoms with Gasteiger partial charge in [-0.05, 0) is 26.3 Å². The molecule has 0 radical (unpaired) electrons. The summed E-state index contributed by atoms with van der Waals surface area (Å²) in [7, 11) is 0. The molecular weight excluding hydrogens is 180 g/mol. The molecule has 1 rings (SSSR count). The molecule has 1 aliphatic heterocycles. The van der Waals surface area contributed by atoms with Crippen LogP contribution >= 0.6 is 0 Å². The average molecular weight is 200 g/mol. The zero-order chi connectivity index (χ0) is 10.4. The van der Waals surface area contributed by atoms with Gasteiger partial charge in [0.25, 0.3) is 0 Å². The molecule has 2 N–H and O–H groups in total. The Kier molecular flexibility index (Phi) is 4.90. The fraction of sp³-hybridized carbons (Fsp3) is 0.900. The summed E-state index contributed by atoms with van der Waals surface area (Å²) in [4.78, 5) is 13.6. The largest absolute Gasteiger partial charge is 0.395 e. The quantitative estimate of drug-likeness (QED) is 0.670. The molecule has 82 valence electrons. The molecule has 0 spiro atoms. The monoisotopic (exact) mass is 200 g/mol. The highest BCUT2D eigenvalue weighted by atomic mass is 16.3. The maximum atomic E-state index is 11.9. The molecule has 1 saturated heterocycles. The number of hydrogen-bond donors (Lipinski definition) is 2. The number of carbonyl (C=O) groups excluding carboxylic acids is 1. The van der Waals surface area contributed by atoms with Crippen LogP contribution in [0.25, 0.3) is 0 Å². The number of amides is 1. The van der Waals surface area contributed by atoms with Crippen LogP contribution in [0.4, 0.5) is 0 Å². The normalized spacial score (nSPS) is 22.0. The van der Waals surface area contributed by atoms with Crippen molar-refractivity contribution in [1.82, 2.24) is 10.2 Å². The van der Waals surface area contributed by atoms with E-state index in [9.17, 15) is 4.79 Å². The molecule has 0 bridgehead atoms. The van der Waals surface area contributed by atoms with Crippen LogP contribution in [0.5, 0.6) is 0 Å². The van der Waals surface area contributed by atoms with Crippen molar-refractivity contribution in [2.24, 2.45) is 0 Å². The summed E-state index contributed by atoms with van der Waals surface area (Å²) in [6.07, 6.45) is 3.22. The number of nitrogens with zero attached hydrogens (tertiary/aromatic N) is 1. The highest BCUT2D eigenvalue weighted by molar-refractivity contribution is 5.81. The summed E-state index contributed by atoms with van der Waals surface area (Å²) in [6.45, 7) is 4.06. The second-order valence-electron chi connectivity index (χ2n) is 3.64. The predicted octanol–water partition coefficient (Wildman–Crippen LogP) is -0.0307. The molecule has 1 heterocycles. The summed E-state index contributed by atoms with van der Waals surface area (Å²) in [6, 6.07) is -0.0183. The molecule has 14 heavy (non-hydrogen) atoms. The molecule has 0 aromatic carbocycles.